The molecule has 2 aromatic carbocycles. The molecule has 0 radical (unpaired) electrons. The van der Waals surface area contributed by atoms with Crippen molar-refractivity contribution in [3.63, 3.8) is 0 Å². The van der Waals surface area contributed by atoms with Crippen LogP contribution in [0, 0.1) is 11.3 Å². The molecule has 0 saturated heterocycles. The number of aromatic nitrogens is 2. The van der Waals surface area contributed by atoms with Crippen molar-refractivity contribution in [2.24, 2.45) is 0 Å². The first-order valence-electron chi connectivity index (χ1n) is 10.2. The number of carbonyl (C=O) groups is 1. The summed E-state index contributed by atoms with van der Waals surface area (Å²) in [6.07, 6.45) is 3.08. The Labute approximate surface area is 179 Å². The number of ether oxygens (including phenoxy) is 1. The van der Waals surface area contributed by atoms with Crippen molar-refractivity contribution in [1.29, 1.82) is 5.26 Å². The van der Waals surface area contributed by atoms with Gasteiger partial charge < -0.3 is 19.7 Å². The molecule has 0 spiro atoms. The molecular formula is C23H22N4O4. The molecule has 0 aliphatic heterocycles. The summed E-state index contributed by atoms with van der Waals surface area (Å²) in [5.41, 5.74) is 4.23. The van der Waals surface area contributed by atoms with E-state index in [9.17, 15) is 10.1 Å². The van der Waals surface area contributed by atoms with Gasteiger partial charge in [0.2, 0.25) is 5.82 Å². The molecule has 1 aromatic heterocycles. The smallest absolute Gasteiger partial charge is 0.341 e. The first kappa shape index (κ1) is 20.6. The monoisotopic (exact) mass is 418 g/mol. The molecule has 0 saturated carbocycles. The third-order valence-corrected chi connectivity index (χ3v) is 5.28. The SMILES string of the molecule is CCCNC1CCc2c(-c3noc(-c4ccc(OCC(=O)O)c(C#N)c4)n3)cccc21. The number of hydrogen-bond donors (Lipinski definition) is 2. The fourth-order valence-electron chi connectivity index (χ4n) is 3.86. The second-order valence-corrected chi connectivity index (χ2v) is 7.35. The molecule has 31 heavy (non-hydrogen) atoms. The Kier molecular flexibility index (Phi) is 5.96. The number of rotatable bonds is 8. The normalized spacial score (nSPS) is 14.8. The van der Waals surface area contributed by atoms with E-state index in [1.54, 1.807) is 12.1 Å². The number of hydrogen-bond acceptors (Lipinski definition) is 7. The predicted octanol–water partition coefficient (Wildman–Crippen LogP) is 3.73. The summed E-state index contributed by atoms with van der Waals surface area (Å²) in [7, 11) is 0. The highest BCUT2D eigenvalue weighted by Gasteiger charge is 2.26. The largest absolute Gasteiger partial charge is 0.481 e. The van der Waals surface area contributed by atoms with E-state index >= 15 is 0 Å². The average molecular weight is 418 g/mol. The maximum Gasteiger partial charge on any atom is 0.341 e. The van der Waals surface area contributed by atoms with Gasteiger partial charge in [-0.05, 0) is 55.1 Å². The second kappa shape index (κ2) is 8.98. The number of benzene rings is 2. The van der Waals surface area contributed by atoms with Crippen LogP contribution in [0.4, 0.5) is 0 Å². The van der Waals surface area contributed by atoms with Gasteiger partial charge in [0.25, 0.3) is 5.89 Å². The van der Waals surface area contributed by atoms with Crippen molar-refractivity contribution >= 4 is 5.97 Å². The zero-order chi connectivity index (χ0) is 21.8. The Hall–Kier alpha value is -3.70. The third-order valence-electron chi connectivity index (χ3n) is 5.28. The molecule has 8 nitrogen and oxygen atoms in total. The van der Waals surface area contributed by atoms with Crippen LogP contribution in [0.3, 0.4) is 0 Å². The number of carboxylic acids is 1. The minimum Gasteiger partial charge on any atom is -0.481 e. The van der Waals surface area contributed by atoms with Crippen LogP contribution in [-0.4, -0.2) is 34.4 Å². The van der Waals surface area contributed by atoms with Gasteiger partial charge >= 0.3 is 5.97 Å². The molecule has 1 aliphatic carbocycles. The summed E-state index contributed by atoms with van der Waals surface area (Å²) in [6.45, 7) is 2.61. The molecule has 158 valence electrons. The molecule has 2 N–H and O–H groups in total. The van der Waals surface area contributed by atoms with Crippen LogP contribution in [0.25, 0.3) is 22.8 Å². The number of carboxylic acid groups (broad SMARTS) is 1. The van der Waals surface area contributed by atoms with E-state index in [0.29, 0.717) is 17.4 Å². The molecule has 0 amide bonds. The van der Waals surface area contributed by atoms with Crippen LogP contribution < -0.4 is 10.1 Å². The Morgan fingerprint density at radius 3 is 3.03 bits per heavy atom. The highest BCUT2D eigenvalue weighted by molar-refractivity contribution is 5.69. The molecule has 4 rings (SSSR count). The van der Waals surface area contributed by atoms with Gasteiger partial charge in [0.1, 0.15) is 11.8 Å². The molecule has 8 heteroatoms. The molecule has 1 unspecified atom stereocenters. The lowest BCUT2D eigenvalue weighted by atomic mass is 10.0. The number of nitriles is 1. The average Bonchev–Trinajstić information content (AvgIpc) is 3.43. The van der Waals surface area contributed by atoms with Gasteiger partial charge in [0.15, 0.2) is 6.61 Å². The summed E-state index contributed by atoms with van der Waals surface area (Å²) < 4.78 is 10.6. The van der Waals surface area contributed by atoms with Crippen molar-refractivity contribution in [3.05, 3.63) is 53.1 Å². The fourth-order valence-corrected chi connectivity index (χ4v) is 3.86. The first-order valence-corrected chi connectivity index (χ1v) is 10.2. The van der Waals surface area contributed by atoms with Crippen molar-refractivity contribution in [2.45, 2.75) is 32.2 Å². The molecule has 0 bridgehead atoms. The van der Waals surface area contributed by atoms with Crippen molar-refractivity contribution in [2.75, 3.05) is 13.2 Å². The Bertz CT molecular complexity index is 1150. The van der Waals surface area contributed by atoms with Crippen LogP contribution in [0.5, 0.6) is 5.75 Å². The van der Waals surface area contributed by atoms with E-state index in [1.165, 1.54) is 17.2 Å². The Balaban J connectivity index is 1.61. The van der Waals surface area contributed by atoms with Crippen LogP contribution in [0.1, 0.15) is 42.5 Å². The van der Waals surface area contributed by atoms with Gasteiger partial charge in [-0.3, -0.25) is 0 Å². The van der Waals surface area contributed by atoms with Gasteiger partial charge in [-0.15, -0.1) is 0 Å². The van der Waals surface area contributed by atoms with E-state index in [-0.39, 0.29) is 17.2 Å². The molecule has 1 atom stereocenters. The van der Waals surface area contributed by atoms with E-state index in [2.05, 4.69) is 28.4 Å². The highest BCUT2D eigenvalue weighted by Crippen LogP contribution is 2.37. The molecule has 3 aromatic rings. The molecule has 0 fully saturated rings. The van der Waals surface area contributed by atoms with E-state index in [1.807, 2.05) is 18.2 Å². The molecule has 1 aliphatic rings. The predicted molar refractivity (Wildman–Crippen MR) is 112 cm³/mol. The lowest BCUT2D eigenvalue weighted by Gasteiger charge is -2.13. The third kappa shape index (κ3) is 4.27. The minimum atomic E-state index is -1.11. The van der Waals surface area contributed by atoms with E-state index in [4.69, 9.17) is 14.4 Å². The summed E-state index contributed by atoms with van der Waals surface area (Å²) in [6, 6.07) is 13.3. The Morgan fingerprint density at radius 1 is 1.39 bits per heavy atom. The van der Waals surface area contributed by atoms with Gasteiger partial charge in [-0.2, -0.15) is 10.2 Å². The van der Waals surface area contributed by atoms with Gasteiger partial charge in [0, 0.05) is 17.2 Å². The van der Waals surface area contributed by atoms with Crippen LogP contribution in [0.2, 0.25) is 0 Å². The summed E-state index contributed by atoms with van der Waals surface area (Å²) in [4.78, 5) is 15.3. The van der Waals surface area contributed by atoms with E-state index < -0.39 is 12.6 Å². The molecule has 1 heterocycles. The minimum absolute atomic E-state index is 0.194. The quantitative estimate of drug-likeness (QED) is 0.568. The standard InChI is InChI=1S/C23H22N4O4/c1-2-10-25-19-8-7-16-17(19)4-3-5-18(16)22-26-23(31-27-22)14-6-9-20(15(11-14)12-24)30-13-21(28)29/h3-6,9,11,19,25H,2,7-8,10,13H2,1H3,(H,28,29). The maximum absolute atomic E-state index is 10.7. The van der Waals surface area contributed by atoms with Gasteiger partial charge in [0.05, 0.1) is 5.56 Å². The topological polar surface area (TPSA) is 121 Å². The summed E-state index contributed by atoms with van der Waals surface area (Å²) >= 11 is 0. The number of nitrogens with zero attached hydrogens (tertiary/aromatic N) is 3. The van der Waals surface area contributed by atoms with Gasteiger partial charge in [-0.1, -0.05) is 30.3 Å². The van der Waals surface area contributed by atoms with Crippen LogP contribution in [0.15, 0.2) is 40.9 Å². The lowest BCUT2D eigenvalue weighted by molar-refractivity contribution is -0.139. The van der Waals surface area contributed by atoms with E-state index in [0.717, 1.165) is 31.4 Å². The molecular weight excluding hydrogens is 396 g/mol. The van der Waals surface area contributed by atoms with Crippen molar-refractivity contribution in [3.8, 4) is 34.7 Å². The van der Waals surface area contributed by atoms with Gasteiger partial charge in [-0.25, -0.2) is 4.79 Å². The van der Waals surface area contributed by atoms with Crippen molar-refractivity contribution in [1.82, 2.24) is 15.5 Å². The lowest BCUT2D eigenvalue weighted by Crippen LogP contribution is -2.19. The highest BCUT2D eigenvalue weighted by atomic mass is 16.5. The Morgan fingerprint density at radius 2 is 2.26 bits per heavy atom. The zero-order valence-corrected chi connectivity index (χ0v) is 17.1. The zero-order valence-electron chi connectivity index (χ0n) is 17.1. The maximum atomic E-state index is 10.7. The van der Waals surface area contributed by atoms with Crippen LogP contribution >= 0.6 is 0 Å². The van der Waals surface area contributed by atoms with Crippen LogP contribution in [-0.2, 0) is 11.2 Å². The number of nitrogens with one attached hydrogen (secondary N) is 1. The van der Waals surface area contributed by atoms with Crippen molar-refractivity contribution < 1.29 is 19.2 Å². The summed E-state index contributed by atoms with van der Waals surface area (Å²) in [5, 5.41) is 25.9. The fraction of sp³-hybridized carbons (Fsp3) is 0.304. The second-order valence-electron chi connectivity index (χ2n) is 7.35. The first-order chi connectivity index (χ1) is 15.1. The summed E-state index contributed by atoms with van der Waals surface area (Å²) in [5.74, 6) is -0.128. The number of aliphatic carboxylic acids is 1. The number of fused-ring (bicyclic) bond motifs is 1.